The molecule has 5 nitrogen and oxygen atoms in total. The molecule has 0 saturated heterocycles. The van der Waals surface area contributed by atoms with Crippen LogP contribution in [0.5, 0.6) is 11.5 Å². The maximum absolute atomic E-state index is 13.0. The molecular weight excluding hydrogens is 673 g/mol. The Morgan fingerprint density at radius 1 is 1.00 bits per heavy atom. The molecule has 2 rings (SSSR count). The molecule has 2 aromatic rings. The van der Waals surface area contributed by atoms with Crippen molar-refractivity contribution in [1.29, 1.82) is 0 Å². The third kappa shape index (κ3) is 25.5. The number of allylic oxidation sites excluding steroid dienone is 1. The van der Waals surface area contributed by atoms with E-state index in [1.807, 2.05) is 0 Å². The molecule has 0 radical (unpaired) electrons. The normalized spacial score (nSPS) is 9.56. The number of benzene rings is 2. The van der Waals surface area contributed by atoms with Gasteiger partial charge in [-0.05, 0) is 36.4 Å². The Hall–Kier alpha value is 0.0727. The number of carbonyl (C=O) groups is 1. The second-order valence-electron chi connectivity index (χ2n) is 5.54. The number of carbonyl (C=O) groups excluding carboxylic acids is 1. The minimum absolute atomic E-state index is 0. The van der Waals surface area contributed by atoms with Crippen LogP contribution in [0.15, 0.2) is 61.7 Å². The number of ether oxygens (including phenoxy) is 1. The van der Waals surface area contributed by atoms with Crippen molar-refractivity contribution in [2.75, 3.05) is 19.1 Å². The summed E-state index contributed by atoms with van der Waals surface area (Å²) in [7, 11) is -1.00. The standard InChI is InChI=1S/C10H8F4O.C7H4F4O.C3H5Br.CH3F.CH2O3.2K.H/c1-2-5-15-9-6-7(10(12,13)14)3-4-8(9)11;8-5-2-1-4(3-6(5)12)7(9,10)11;1-2-3-4;1-2;2-1-4-3;;;/h2-4,6H,1,5H2;1-3,12H;2H,1,3H2;1H3;1,3H;;;/q;;;;;2*+1;-1/p-1/i;;;1D;;;;. The fourth-order valence-corrected chi connectivity index (χ4v) is 1.63. The molecule has 0 aliphatic carbocycles. The summed E-state index contributed by atoms with van der Waals surface area (Å²) >= 11 is 3.13. The molecule has 0 saturated carbocycles. The van der Waals surface area contributed by atoms with Gasteiger partial charge in [0.15, 0.2) is 23.1 Å². The third-order valence-corrected chi connectivity index (χ3v) is 3.49. The van der Waals surface area contributed by atoms with Crippen LogP contribution in [0.3, 0.4) is 0 Å². The van der Waals surface area contributed by atoms with E-state index in [0.29, 0.717) is 30.3 Å². The summed E-state index contributed by atoms with van der Waals surface area (Å²) < 4.78 is 118. The van der Waals surface area contributed by atoms with Crippen LogP contribution in [0.2, 0.25) is 0 Å². The molecule has 0 unspecified atom stereocenters. The first-order valence-corrected chi connectivity index (χ1v) is 10.1. The number of aromatic hydroxyl groups is 1. The number of rotatable bonds is 5. The molecule has 39 heavy (non-hydrogen) atoms. The van der Waals surface area contributed by atoms with Crippen LogP contribution in [0.25, 0.3) is 0 Å². The molecule has 0 atom stereocenters. The molecular formula is C22H22BrF9K2O5. The second-order valence-corrected chi connectivity index (χ2v) is 6.19. The summed E-state index contributed by atoms with van der Waals surface area (Å²) in [6.07, 6.45) is -5.94. The molecule has 0 fully saturated rings. The fourth-order valence-electron chi connectivity index (χ4n) is 1.63. The summed E-state index contributed by atoms with van der Waals surface area (Å²) in [6.45, 7) is 6.52. The van der Waals surface area contributed by atoms with Crippen LogP contribution in [-0.4, -0.2) is 30.7 Å². The predicted molar refractivity (Wildman–Crippen MR) is 119 cm³/mol. The van der Waals surface area contributed by atoms with E-state index < -0.39 is 53.8 Å². The van der Waals surface area contributed by atoms with E-state index in [2.05, 4.69) is 34.0 Å². The van der Waals surface area contributed by atoms with Crippen LogP contribution >= 0.6 is 15.9 Å². The Kier molecular flexibility index (Phi) is 33.3. The Balaban J connectivity index is -0.000000105. The van der Waals surface area contributed by atoms with Crippen LogP contribution in [0.1, 0.15) is 13.9 Å². The number of phenols is 1. The quantitative estimate of drug-likeness (QED) is 0.0947. The minimum Gasteiger partial charge on any atom is -1.00 e. The van der Waals surface area contributed by atoms with E-state index in [4.69, 9.17) is 21.3 Å². The van der Waals surface area contributed by atoms with Crippen molar-refractivity contribution in [1.82, 2.24) is 0 Å². The van der Waals surface area contributed by atoms with Crippen molar-refractivity contribution >= 4 is 22.4 Å². The number of halogens is 10. The molecule has 0 bridgehead atoms. The van der Waals surface area contributed by atoms with Gasteiger partial charge in [0, 0.05) is 5.33 Å². The first kappa shape index (κ1) is 46.0. The Labute approximate surface area is 315 Å². The Bertz CT molecular complexity index is 951. The van der Waals surface area contributed by atoms with E-state index in [0.717, 1.165) is 11.4 Å². The van der Waals surface area contributed by atoms with E-state index in [1.165, 1.54) is 6.08 Å². The Morgan fingerprint density at radius 2 is 1.38 bits per heavy atom. The van der Waals surface area contributed by atoms with Gasteiger partial charge < -0.3 is 21.4 Å². The van der Waals surface area contributed by atoms with Gasteiger partial charge in [-0.15, -0.1) is 6.58 Å². The first-order chi connectivity index (χ1) is 17.6. The van der Waals surface area contributed by atoms with E-state index in [-0.39, 0.29) is 117 Å². The summed E-state index contributed by atoms with van der Waals surface area (Å²) in [5.41, 5.74) is -2.01. The largest absolute Gasteiger partial charge is 1.00 e. The number of phenolic OH excluding ortho intramolecular Hbond substituents is 1. The van der Waals surface area contributed by atoms with Gasteiger partial charge in [0.2, 0.25) is 0 Å². The second kappa shape index (κ2) is 28.2. The van der Waals surface area contributed by atoms with Crippen molar-refractivity contribution in [3.8, 4) is 11.5 Å². The van der Waals surface area contributed by atoms with Crippen LogP contribution < -0.4 is 113 Å². The maximum atomic E-state index is 13.0. The zero-order valence-electron chi connectivity index (χ0n) is 22.6. The SMILES string of the molecule is C=CCBr.C=CCOc1cc(C(F)(F)F)ccc1F.O=CO[O-].Oc1cc(C(F)(F)F)ccc1F.[2H]CF.[H-].[K+].[K+]. The van der Waals surface area contributed by atoms with Crippen molar-refractivity contribution in [3.63, 3.8) is 0 Å². The summed E-state index contributed by atoms with van der Waals surface area (Å²) in [6, 6.07) is 3.48. The molecule has 0 aliphatic heterocycles. The van der Waals surface area contributed by atoms with Gasteiger partial charge in [-0.2, -0.15) is 26.3 Å². The van der Waals surface area contributed by atoms with E-state index in [1.54, 1.807) is 6.08 Å². The number of hydrogen-bond donors (Lipinski definition) is 1. The molecule has 17 heteroatoms. The Morgan fingerprint density at radius 3 is 1.69 bits per heavy atom. The monoisotopic (exact) mass is 695 g/mol. The molecule has 0 aliphatic rings. The van der Waals surface area contributed by atoms with Gasteiger partial charge in [-0.3, -0.25) is 9.18 Å². The first-order valence-electron chi connectivity index (χ1n) is 9.72. The number of alkyl halides is 8. The summed E-state index contributed by atoms with van der Waals surface area (Å²) in [4.78, 5) is 11.2. The summed E-state index contributed by atoms with van der Waals surface area (Å²) in [5, 5.41) is 17.9. The van der Waals surface area contributed by atoms with Crippen LogP contribution in [0, 0.1) is 11.6 Å². The van der Waals surface area contributed by atoms with Gasteiger partial charge in [0.05, 0.1) is 19.7 Å². The fraction of sp³-hybridized carbons (Fsp3) is 0.227. The maximum Gasteiger partial charge on any atom is 1.00 e. The van der Waals surface area contributed by atoms with Crippen LogP contribution in [-0.2, 0) is 22.0 Å². The van der Waals surface area contributed by atoms with E-state index in [9.17, 15) is 39.5 Å². The number of hydrogen-bond acceptors (Lipinski definition) is 5. The molecule has 0 spiro atoms. The smallest absolute Gasteiger partial charge is 1.00 e. The van der Waals surface area contributed by atoms with E-state index >= 15 is 0 Å². The van der Waals surface area contributed by atoms with Gasteiger partial charge in [-0.25, -0.2) is 8.78 Å². The molecule has 0 aromatic heterocycles. The van der Waals surface area contributed by atoms with Gasteiger partial charge in [0.25, 0.3) is 6.47 Å². The van der Waals surface area contributed by atoms with Crippen molar-refractivity contribution in [3.05, 3.63) is 84.5 Å². The average molecular weight is 697 g/mol. The van der Waals surface area contributed by atoms with Crippen molar-refractivity contribution in [2.24, 2.45) is 0 Å². The van der Waals surface area contributed by atoms with Gasteiger partial charge >= 0.3 is 115 Å². The van der Waals surface area contributed by atoms with Crippen molar-refractivity contribution < 1.29 is 170 Å². The minimum atomic E-state index is -4.55. The molecule has 0 amide bonds. The van der Waals surface area contributed by atoms with Crippen molar-refractivity contribution in [2.45, 2.75) is 12.4 Å². The van der Waals surface area contributed by atoms with Gasteiger partial charge in [0.1, 0.15) is 6.61 Å². The zero-order valence-corrected chi connectivity index (χ0v) is 28.4. The van der Waals surface area contributed by atoms with Crippen LogP contribution in [0.4, 0.5) is 39.5 Å². The van der Waals surface area contributed by atoms with Gasteiger partial charge in [-0.1, -0.05) is 34.7 Å². The topological polar surface area (TPSA) is 78.8 Å². The molecule has 1 N–H and O–H groups in total. The third-order valence-electron chi connectivity index (χ3n) is 3.04. The predicted octanol–water partition coefficient (Wildman–Crippen LogP) is 0.668. The molecule has 0 heterocycles. The average Bonchev–Trinajstić information content (AvgIpc) is 2.85. The summed E-state index contributed by atoms with van der Waals surface area (Å²) in [5.74, 6) is -3.32. The molecule has 2 aromatic carbocycles. The zero-order chi connectivity index (χ0) is 30.4. The molecule has 212 valence electrons.